The molecule has 1 atom stereocenters. The van der Waals surface area contributed by atoms with Gasteiger partial charge < -0.3 is 5.32 Å². The standard InChI is InChI=1S/C18H24N2/c1-4-11-20-18(17-13-19-12-10-14(17)3)16-8-6-15(5-2)7-9-16/h6-10,12-13,18,20H,4-5,11H2,1-3H3. The molecule has 1 aromatic carbocycles. The second-order valence-electron chi connectivity index (χ2n) is 5.21. The van der Waals surface area contributed by atoms with E-state index in [1.807, 2.05) is 12.4 Å². The zero-order chi connectivity index (χ0) is 14.4. The number of aryl methyl sites for hydroxylation is 2. The van der Waals surface area contributed by atoms with Crippen LogP contribution in [0, 0.1) is 6.92 Å². The summed E-state index contributed by atoms with van der Waals surface area (Å²) in [5, 5.41) is 3.64. The maximum absolute atomic E-state index is 4.29. The predicted molar refractivity (Wildman–Crippen MR) is 84.9 cm³/mol. The van der Waals surface area contributed by atoms with Crippen molar-refractivity contribution < 1.29 is 0 Å². The van der Waals surface area contributed by atoms with Gasteiger partial charge in [-0.15, -0.1) is 0 Å². The van der Waals surface area contributed by atoms with E-state index in [0.717, 1.165) is 19.4 Å². The first-order valence-corrected chi connectivity index (χ1v) is 7.49. The molecule has 1 heterocycles. The highest BCUT2D eigenvalue weighted by Gasteiger charge is 2.15. The normalized spacial score (nSPS) is 12.3. The summed E-state index contributed by atoms with van der Waals surface area (Å²) in [4.78, 5) is 4.29. The molecule has 0 saturated heterocycles. The number of hydrogen-bond donors (Lipinski definition) is 1. The van der Waals surface area contributed by atoms with E-state index in [1.54, 1.807) is 0 Å². The molecule has 0 bridgehead atoms. The van der Waals surface area contributed by atoms with Crippen molar-refractivity contribution in [3.8, 4) is 0 Å². The summed E-state index contributed by atoms with van der Waals surface area (Å²) in [6, 6.07) is 11.2. The third-order valence-corrected chi connectivity index (χ3v) is 3.71. The molecule has 2 rings (SSSR count). The molecule has 0 amide bonds. The minimum Gasteiger partial charge on any atom is -0.306 e. The van der Waals surface area contributed by atoms with E-state index in [4.69, 9.17) is 0 Å². The smallest absolute Gasteiger partial charge is 0.0594 e. The van der Waals surface area contributed by atoms with Crippen LogP contribution < -0.4 is 5.32 Å². The van der Waals surface area contributed by atoms with Crippen molar-refractivity contribution >= 4 is 0 Å². The largest absolute Gasteiger partial charge is 0.306 e. The number of benzene rings is 1. The van der Waals surface area contributed by atoms with Gasteiger partial charge in [0.1, 0.15) is 0 Å². The fourth-order valence-electron chi connectivity index (χ4n) is 2.42. The Bertz CT molecular complexity index is 531. The lowest BCUT2D eigenvalue weighted by atomic mass is 9.95. The van der Waals surface area contributed by atoms with Crippen molar-refractivity contribution in [3.63, 3.8) is 0 Å². The maximum Gasteiger partial charge on any atom is 0.0594 e. The molecule has 0 radical (unpaired) electrons. The van der Waals surface area contributed by atoms with Crippen LogP contribution in [0.4, 0.5) is 0 Å². The molecule has 0 saturated carbocycles. The highest BCUT2D eigenvalue weighted by Crippen LogP contribution is 2.24. The number of aromatic nitrogens is 1. The van der Waals surface area contributed by atoms with E-state index < -0.39 is 0 Å². The highest BCUT2D eigenvalue weighted by molar-refractivity contribution is 5.36. The third kappa shape index (κ3) is 3.45. The lowest BCUT2D eigenvalue weighted by Crippen LogP contribution is -2.24. The summed E-state index contributed by atoms with van der Waals surface area (Å²) in [5.74, 6) is 0. The Morgan fingerprint density at radius 2 is 1.85 bits per heavy atom. The summed E-state index contributed by atoms with van der Waals surface area (Å²) in [6.45, 7) is 7.54. The summed E-state index contributed by atoms with van der Waals surface area (Å²) in [7, 11) is 0. The van der Waals surface area contributed by atoms with Crippen LogP contribution in [0.15, 0.2) is 42.7 Å². The number of nitrogens with zero attached hydrogens (tertiary/aromatic N) is 1. The molecule has 0 spiro atoms. The fraction of sp³-hybridized carbons (Fsp3) is 0.389. The van der Waals surface area contributed by atoms with Gasteiger partial charge in [0.2, 0.25) is 0 Å². The van der Waals surface area contributed by atoms with Crippen molar-refractivity contribution in [1.82, 2.24) is 10.3 Å². The van der Waals surface area contributed by atoms with Gasteiger partial charge in [0.15, 0.2) is 0 Å². The second kappa shape index (κ2) is 7.20. The van der Waals surface area contributed by atoms with Gasteiger partial charge in [0.05, 0.1) is 6.04 Å². The van der Waals surface area contributed by atoms with Crippen molar-refractivity contribution in [1.29, 1.82) is 0 Å². The van der Waals surface area contributed by atoms with Crippen LogP contribution in [-0.2, 0) is 6.42 Å². The Hall–Kier alpha value is -1.67. The van der Waals surface area contributed by atoms with Crippen LogP contribution in [-0.4, -0.2) is 11.5 Å². The van der Waals surface area contributed by atoms with E-state index in [0.29, 0.717) is 0 Å². The zero-order valence-corrected chi connectivity index (χ0v) is 12.7. The Balaban J connectivity index is 2.33. The van der Waals surface area contributed by atoms with Crippen LogP contribution in [0.2, 0.25) is 0 Å². The van der Waals surface area contributed by atoms with Crippen LogP contribution in [0.3, 0.4) is 0 Å². The molecule has 1 unspecified atom stereocenters. The highest BCUT2D eigenvalue weighted by atomic mass is 14.9. The van der Waals surface area contributed by atoms with E-state index in [-0.39, 0.29) is 6.04 Å². The Kier molecular flexibility index (Phi) is 5.31. The van der Waals surface area contributed by atoms with E-state index in [1.165, 1.54) is 22.3 Å². The second-order valence-corrected chi connectivity index (χ2v) is 5.21. The van der Waals surface area contributed by atoms with Crippen molar-refractivity contribution in [2.24, 2.45) is 0 Å². The summed E-state index contributed by atoms with van der Waals surface area (Å²) in [5.41, 5.74) is 5.25. The molecule has 0 fully saturated rings. The monoisotopic (exact) mass is 268 g/mol. The fourth-order valence-corrected chi connectivity index (χ4v) is 2.42. The number of rotatable bonds is 6. The molecule has 0 aliphatic carbocycles. The Morgan fingerprint density at radius 3 is 2.45 bits per heavy atom. The third-order valence-electron chi connectivity index (χ3n) is 3.71. The lowest BCUT2D eigenvalue weighted by molar-refractivity contribution is 0.594. The summed E-state index contributed by atoms with van der Waals surface area (Å²) >= 11 is 0. The topological polar surface area (TPSA) is 24.9 Å². The summed E-state index contributed by atoms with van der Waals surface area (Å²) < 4.78 is 0. The first-order chi connectivity index (χ1) is 9.76. The van der Waals surface area contributed by atoms with Crippen molar-refractivity contribution in [2.75, 3.05) is 6.54 Å². The first-order valence-electron chi connectivity index (χ1n) is 7.49. The molecular weight excluding hydrogens is 244 g/mol. The molecule has 20 heavy (non-hydrogen) atoms. The molecule has 106 valence electrons. The van der Waals surface area contributed by atoms with E-state index in [2.05, 4.69) is 61.4 Å². The van der Waals surface area contributed by atoms with Crippen molar-refractivity contribution in [3.05, 3.63) is 65.0 Å². The predicted octanol–water partition coefficient (Wildman–Crippen LogP) is 4.04. The van der Waals surface area contributed by atoms with Crippen LogP contribution in [0.5, 0.6) is 0 Å². The molecule has 1 N–H and O–H groups in total. The number of pyridine rings is 1. The van der Waals surface area contributed by atoms with Gasteiger partial charge in [-0.3, -0.25) is 4.98 Å². The number of hydrogen-bond acceptors (Lipinski definition) is 2. The molecule has 0 aliphatic heterocycles. The zero-order valence-electron chi connectivity index (χ0n) is 12.7. The van der Waals surface area contributed by atoms with Gasteiger partial charge in [-0.05, 0) is 54.6 Å². The van der Waals surface area contributed by atoms with Gasteiger partial charge in [0, 0.05) is 12.4 Å². The maximum atomic E-state index is 4.29. The van der Waals surface area contributed by atoms with Crippen LogP contribution >= 0.6 is 0 Å². The Morgan fingerprint density at radius 1 is 1.10 bits per heavy atom. The minimum atomic E-state index is 0.231. The molecule has 1 aromatic heterocycles. The van der Waals surface area contributed by atoms with E-state index >= 15 is 0 Å². The molecule has 2 heteroatoms. The van der Waals surface area contributed by atoms with Gasteiger partial charge in [-0.25, -0.2) is 0 Å². The van der Waals surface area contributed by atoms with Gasteiger partial charge in [-0.1, -0.05) is 38.1 Å². The van der Waals surface area contributed by atoms with Crippen LogP contribution in [0.1, 0.15) is 48.6 Å². The lowest BCUT2D eigenvalue weighted by Gasteiger charge is -2.21. The summed E-state index contributed by atoms with van der Waals surface area (Å²) in [6.07, 6.45) is 6.05. The van der Waals surface area contributed by atoms with E-state index in [9.17, 15) is 0 Å². The first kappa shape index (κ1) is 14.7. The van der Waals surface area contributed by atoms with Gasteiger partial charge in [0.25, 0.3) is 0 Å². The average molecular weight is 268 g/mol. The molecule has 0 aliphatic rings. The molecule has 2 aromatic rings. The van der Waals surface area contributed by atoms with Gasteiger partial charge in [-0.2, -0.15) is 0 Å². The van der Waals surface area contributed by atoms with Crippen molar-refractivity contribution in [2.45, 2.75) is 39.7 Å². The molecule has 2 nitrogen and oxygen atoms in total. The average Bonchev–Trinajstić information content (AvgIpc) is 2.50. The quantitative estimate of drug-likeness (QED) is 0.855. The SMILES string of the molecule is CCCNC(c1ccc(CC)cc1)c1cnccc1C. The molecular formula is C18H24N2. The Labute approximate surface area is 122 Å². The van der Waals surface area contributed by atoms with Crippen LogP contribution in [0.25, 0.3) is 0 Å². The minimum absolute atomic E-state index is 0.231. The van der Waals surface area contributed by atoms with Gasteiger partial charge >= 0.3 is 0 Å². The number of nitrogens with one attached hydrogen (secondary N) is 1.